The maximum absolute atomic E-state index is 11.8. The third-order valence-electron chi connectivity index (χ3n) is 1.93. The van der Waals surface area contributed by atoms with Gasteiger partial charge in [0, 0.05) is 7.05 Å². The first kappa shape index (κ1) is 9.19. The number of anilines is 2. The van der Waals surface area contributed by atoms with Crippen LogP contribution in [0.1, 0.15) is 10.4 Å². The molecular formula is C7H9N7O. The van der Waals surface area contributed by atoms with Crippen molar-refractivity contribution in [2.45, 2.75) is 0 Å². The van der Waals surface area contributed by atoms with Gasteiger partial charge in [-0.3, -0.25) is 9.48 Å². The number of aromatic nitrogens is 5. The van der Waals surface area contributed by atoms with E-state index in [9.17, 15) is 4.79 Å². The molecule has 0 aliphatic heterocycles. The highest BCUT2D eigenvalue weighted by atomic mass is 16.2. The lowest BCUT2D eigenvalue weighted by Crippen LogP contribution is -2.14. The van der Waals surface area contributed by atoms with Crippen LogP contribution in [0.25, 0.3) is 0 Å². The largest absolute Gasteiger partial charge is 0.383 e. The van der Waals surface area contributed by atoms with E-state index in [4.69, 9.17) is 11.5 Å². The summed E-state index contributed by atoms with van der Waals surface area (Å²) in [6.45, 7) is 0. The van der Waals surface area contributed by atoms with E-state index in [1.54, 1.807) is 7.05 Å². The quantitative estimate of drug-likeness (QED) is 0.610. The first-order valence-electron chi connectivity index (χ1n) is 4.09. The average Bonchev–Trinajstić information content (AvgIpc) is 2.75. The molecular weight excluding hydrogens is 198 g/mol. The number of aryl methyl sites for hydroxylation is 1. The molecule has 2 rings (SSSR count). The van der Waals surface area contributed by atoms with Crippen LogP contribution in [0.2, 0.25) is 0 Å². The molecule has 0 radical (unpaired) electrons. The van der Waals surface area contributed by atoms with E-state index < -0.39 is 5.91 Å². The van der Waals surface area contributed by atoms with Crippen LogP contribution in [-0.4, -0.2) is 30.5 Å². The Labute approximate surface area is 84.5 Å². The van der Waals surface area contributed by atoms with Crippen LogP contribution in [0.3, 0.4) is 0 Å². The maximum Gasteiger partial charge on any atom is 0.285 e. The van der Waals surface area contributed by atoms with Crippen molar-refractivity contribution < 1.29 is 4.79 Å². The zero-order valence-corrected chi connectivity index (χ0v) is 7.95. The first-order valence-corrected chi connectivity index (χ1v) is 4.09. The molecule has 8 heteroatoms. The van der Waals surface area contributed by atoms with Crippen molar-refractivity contribution in [2.24, 2.45) is 7.05 Å². The minimum Gasteiger partial charge on any atom is -0.383 e. The number of rotatable bonds is 1. The molecule has 0 unspecified atom stereocenters. The molecule has 0 bridgehead atoms. The number of hydrogen-bond donors (Lipinski definition) is 2. The predicted octanol–water partition coefficient (Wildman–Crippen LogP) is -1.14. The molecule has 2 heterocycles. The highest BCUT2D eigenvalue weighted by molar-refractivity contribution is 5.99. The van der Waals surface area contributed by atoms with Gasteiger partial charge in [0.1, 0.15) is 17.7 Å². The van der Waals surface area contributed by atoms with Crippen molar-refractivity contribution in [3.8, 4) is 0 Å². The van der Waals surface area contributed by atoms with E-state index in [0.29, 0.717) is 0 Å². The predicted molar refractivity (Wildman–Crippen MR) is 51.8 cm³/mol. The average molecular weight is 207 g/mol. The molecule has 0 atom stereocenters. The van der Waals surface area contributed by atoms with Gasteiger partial charge in [0.15, 0.2) is 0 Å². The van der Waals surface area contributed by atoms with E-state index >= 15 is 0 Å². The van der Waals surface area contributed by atoms with Crippen LogP contribution in [0.15, 0.2) is 12.5 Å². The van der Waals surface area contributed by atoms with Gasteiger partial charge in [0.2, 0.25) is 5.95 Å². The maximum atomic E-state index is 11.8. The third-order valence-corrected chi connectivity index (χ3v) is 1.93. The number of nitrogens with two attached hydrogens (primary N) is 2. The second-order valence-corrected chi connectivity index (χ2v) is 2.92. The smallest absolute Gasteiger partial charge is 0.285 e. The molecule has 0 aliphatic carbocycles. The molecule has 0 aromatic carbocycles. The van der Waals surface area contributed by atoms with Crippen LogP contribution in [-0.2, 0) is 7.05 Å². The Kier molecular flexibility index (Phi) is 1.89. The van der Waals surface area contributed by atoms with Crippen LogP contribution in [0.4, 0.5) is 11.8 Å². The summed E-state index contributed by atoms with van der Waals surface area (Å²) in [5.74, 6) is -0.107. The summed E-state index contributed by atoms with van der Waals surface area (Å²) in [7, 11) is 1.64. The number of nitrogen functional groups attached to an aromatic ring is 2. The first-order chi connectivity index (χ1) is 7.09. The van der Waals surface area contributed by atoms with Crippen molar-refractivity contribution >= 4 is 17.7 Å². The molecule has 2 aromatic heterocycles. The van der Waals surface area contributed by atoms with Gasteiger partial charge in [0.05, 0.1) is 6.20 Å². The molecule has 0 saturated heterocycles. The highest BCUT2D eigenvalue weighted by Gasteiger charge is 2.16. The van der Waals surface area contributed by atoms with Gasteiger partial charge in [-0.15, -0.1) is 5.10 Å². The van der Waals surface area contributed by atoms with Gasteiger partial charge in [-0.25, -0.2) is 4.98 Å². The van der Waals surface area contributed by atoms with Gasteiger partial charge < -0.3 is 11.5 Å². The van der Waals surface area contributed by atoms with Gasteiger partial charge >= 0.3 is 0 Å². The van der Waals surface area contributed by atoms with E-state index in [1.165, 1.54) is 17.2 Å². The molecule has 2 aromatic rings. The van der Waals surface area contributed by atoms with E-state index in [2.05, 4.69) is 15.2 Å². The van der Waals surface area contributed by atoms with E-state index in [1.807, 2.05) is 0 Å². The lowest BCUT2D eigenvalue weighted by molar-refractivity contribution is 0.0946. The Morgan fingerprint density at radius 3 is 2.67 bits per heavy atom. The number of carbonyl (C=O) groups is 1. The van der Waals surface area contributed by atoms with Crippen molar-refractivity contribution in [3.63, 3.8) is 0 Å². The Balaban J connectivity index is 2.41. The van der Waals surface area contributed by atoms with Crippen molar-refractivity contribution in [1.82, 2.24) is 24.5 Å². The summed E-state index contributed by atoms with van der Waals surface area (Å²) in [5, 5.41) is 7.53. The topological polar surface area (TPSA) is 118 Å². The van der Waals surface area contributed by atoms with Crippen LogP contribution >= 0.6 is 0 Å². The van der Waals surface area contributed by atoms with Gasteiger partial charge in [0.25, 0.3) is 5.91 Å². The Morgan fingerprint density at radius 2 is 2.20 bits per heavy atom. The monoisotopic (exact) mass is 207 g/mol. The van der Waals surface area contributed by atoms with Crippen LogP contribution in [0, 0.1) is 0 Å². The van der Waals surface area contributed by atoms with Gasteiger partial charge in [-0.2, -0.15) is 9.78 Å². The van der Waals surface area contributed by atoms with Crippen molar-refractivity contribution in [3.05, 3.63) is 18.1 Å². The summed E-state index contributed by atoms with van der Waals surface area (Å²) in [6, 6.07) is 0. The summed E-state index contributed by atoms with van der Waals surface area (Å²) < 4.78 is 2.41. The normalized spacial score (nSPS) is 10.5. The SMILES string of the molecule is Cn1ncc(C(=O)n2cnc(N)n2)c1N. The summed E-state index contributed by atoms with van der Waals surface area (Å²) in [6.07, 6.45) is 2.60. The van der Waals surface area contributed by atoms with Gasteiger partial charge in [-0.1, -0.05) is 0 Å². The molecule has 0 saturated carbocycles. The summed E-state index contributed by atoms with van der Waals surface area (Å²) in [5.41, 5.74) is 11.2. The number of nitrogens with zero attached hydrogens (tertiary/aromatic N) is 5. The fraction of sp³-hybridized carbons (Fsp3) is 0.143. The minimum absolute atomic E-state index is 0.0332. The fourth-order valence-corrected chi connectivity index (χ4v) is 1.11. The van der Waals surface area contributed by atoms with Gasteiger partial charge in [-0.05, 0) is 0 Å². The summed E-state index contributed by atoms with van der Waals surface area (Å²) >= 11 is 0. The standard InChI is InChI=1S/C7H9N7O/c1-13-5(8)4(2-11-13)6(15)14-3-10-7(9)12-14/h2-3H,8H2,1H3,(H2,9,12). The second kappa shape index (κ2) is 3.08. The van der Waals surface area contributed by atoms with E-state index in [-0.39, 0.29) is 17.3 Å². The Hall–Kier alpha value is -2.38. The van der Waals surface area contributed by atoms with Crippen LogP contribution < -0.4 is 11.5 Å². The Bertz CT molecular complexity index is 511. The lowest BCUT2D eigenvalue weighted by atomic mass is 10.3. The molecule has 8 nitrogen and oxygen atoms in total. The Morgan fingerprint density at radius 1 is 1.47 bits per heavy atom. The van der Waals surface area contributed by atoms with E-state index in [0.717, 1.165) is 4.68 Å². The van der Waals surface area contributed by atoms with Crippen LogP contribution in [0.5, 0.6) is 0 Å². The molecule has 4 N–H and O–H groups in total. The summed E-state index contributed by atoms with van der Waals surface area (Å²) in [4.78, 5) is 15.4. The lowest BCUT2D eigenvalue weighted by Gasteiger charge is -1.98. The molecule has 0 amide bonds. The molecule has 0 aliphatic rings. The number of carbonyl (C=O) groups excluding carboxylic acids is 1. The van der Waals surface area contributed by atoms with Crippen molar-refractivity contribution in [1.29, 1.82) is 0 Å². The highest BCUT2D eigenvalue weighted by Crippen LogP contribution is 2.10. The molecule has 78 valence electrons. The molecule has 0 fully saturated rings. The second-order valence-electron chi connectivity index (χ2n) is 2.92. The number of hydrogen-bond acceptors (Lipinski definition) is 6. The zero-order valence-electron chi connectivity index (χ0n) is 7.95. The molecule has 0 spiro atoms. The third kappa shape index (κ3) is 1.41. The molecule has 15 heavy (non-hydrogen) atoms. The zero-order chi connectivity index (χ0) is 11.0. The fourth-order valence-electron chi connectivity index (χ4n) is 1.11. The minimum atomic E-state index is -0.412. The van der Waals surface area contributed by atoms with Crippen molar-refractivity contribution in [2.75, 3.05) is 11.5 Å².